The van der Waals surface area contributed by atoms with Crippen molar-refractivity contribution in [2.75, 3.05) is 11.9 Å². The second kappa shape index (κ2) is 5.12. The molecule has 0 aromatic carbocycles. The lowest BCUT2D eigenvalue weighted by Gasteiger charge is -2.23. The number of hydrogen-bond donors (Lipinski definition) is 2. The lowest BCUT2D eigenvalue weighted by molar-refractivity contribution is -0.147. The van der Waals surface area contributed by atoms with Crippen LogP contribution in [-0.4, -0.2) is 27.6 Å². The Morgan fingerprint density at radius 1 is 1.53 bits per heavy atom. The fourth-order valence-corrected chi connectivity index (χ4v) is 1.34. The van der Waals surface area contributed by atoms with Gasteiger partial charge in [-0.3, -0.25) is 9.78 Å². The molecule has 0 amide bonds. The minimum absolute atomic E-state index is 0.345. The minimum atomic E-state index is -0.800. The summed E-state index contributed by atoms with van der Waals surface area (Å²) >= 11 is 0. The first-order valence-corrected chi connectivity index (χ1v) is 5.66. The number of carbonyl (C=O) groups is 1. The summed E-state index contributed by atoms with van der Waals surface area (Å²) in [5.74, 6) is -0.142. The molecule has 0 radical (unpaired) electrons. The van der Waals surface area contributed by atoms with Crippen molar-refractivity contribution in [3.63, 3.8) is 0 Å². The molecule has 0 bridgehead atoms. The van der Waals surface area contributed by atoms with Gasteiger partial charge in [-0.2, -0.15) is 0 Å². The third kappa shape index (κ3) is 3.15. The molecule has 0 saturated carbocycles. The van der Waals surface area contributed by atoms with E-state index in [0.717, 1.165) is 11.4 Å². The number of aliphatic carboxylic acids is 1. The summed E-state index contributed by atoms with van der Waals surface area (Å²) in [4.78, 5) is 19.6. The maximum absolute atomic E-state index is 11.1. The average Bonchev–Trinajstić information content (AvgIpc) is 2.29. The molecule has 0 spiro atoms. The molecule has 1 aromatic rings. The largest absolute Gasteiger partial charge is 0.481 e. The Kier molecular flexibility index (Phi) is 4.04. The number of carboxylic acid groups (broad SMARTS) is 1. The number of nitrogens with zero attached hydrogens (tertiary/aromatic N) is 2. The monoisotopic (exact) mass is 237 g/mol. The molecule has 1 unspecified atom stereocenters. The maximum Gasteiger partial charge on any atom is 0.311 e. The normalized spacial score (nSPS) is 14.1. The van der Waals surface area contributed by atoms with Crippen LogP contribution in [0.15, 0.2) is 6.20 Å². The molecule has 0 fully saturated rings. The summed E-state index contributed by atoms with van der Waals surface area (Å²) in [6, 6.07) is 0. The highest BCUT2D eigenvalue weighted by molar-refractivity contribution is 5.74. The van der Waals surface area contributed by atoms with Crippen molar-refractivity contribution in [3.8, 4) is 0 Å². The SMILES string of the molecule is CCC(C)(CNc1nc(C)cnc1C)C(=O)O. The van der Waals surface area contributed by atoms with Crippen LogP contribution in [0.5, 0.6) is 0 Å². The zero-order valence-electron chi connectivity index (χ0n) is 10.7. The lowest BCUT2D eigenvalue weighted by Crippen LogP contribution is -2.34. The second-order valence-electron chi connectivity index (χ2n) is 4.52. The molecular formula is C12H19N3O2. The predicted molar refractivity (Wildman–Crippen MR) is 66.0 cm³/mol. The number of nitrogens with one attached hydrogen (secondary N) is 1. The molecule has 1 aromatic heterocycles. The highest BCUT2D eigenvalue weighted by Gasteiger charge is 2.31. The van der Waals surface area contributed by atoms with Crippen molar-refractivity contribution in [2.45, 2.75) is 34.1 Å². The van der Waals surface area contributed by atoms with E-state index in [9.17, 15) is 4.79 Å². The van der Waals surface area contributed by atoms with Crippen molar-refractivity contribution in [3.05, 3.63) is 17.6 Å². The van der Waals surface area contributed by atoms with E-state index in [0.29, 0.717) is 18.8 Å². The highest BCUT2D eigenvalue weighted by atomic mass is 16.4. The van der Waals surface area contributed by atoms with Gasteiger partial charge in [-0.15, -0.1) is 0 Å². The summed E-state index contributed by atoms with van der Waals surface area (Å²) in [7, 11) is 0. The molecular weight excluding hydrogens is 218 g/mol. The number of hydrogen-bond acceptors (Lipinski definition) is 4. The van der Waals surface area contributed by atoms with Gasteiger partial charge < -0.3 is 10.4 Å². The van der Waals surface area contributed by atoms with Gasteiger partial charge in [-0.25, -0.2) is 4.98 Å². The van der Waals surface area contributed by atoms with Gasteiger partial charge in [-0.05, 0) is 27.2 Å². The van der Waals surface area contributed by atoms with Crippen molar-refractivity contribution < 1.29 is 9.90 Å². The molecule has 0 aliphatic rings. The Morgan fingerprint density at radius 2 is 2.18 bits per heavy atom. The second-order valence-corrected chi connectivity index (χ2v) is 4.52. The minimum Gasteiger partial charge on any atom is -0.481 e. The number of aryl methyl sites for hydroxylation is 2. The quantitative estimate of drug-likeness (QED) is 0.819. The van der Waals surface area contributed by atoms with Gasteiger partial charge in [0, 0.05) is 12.7 Å². The molecule has 0 aliphatic heterocycles. The topological polar surface area (TPSA) is 75.1 Å². The van der Waals surface area contributed by atoms with Crippen LogP contribution >= 0.6 is 0 Å². The van der Waals surface area contributed by atoms with Crippen LogP contribution in [0.25, 0.3) is 0 Å². The van der Waals surface area contributed by atoms with E-state index in [4.69, 9.17) is 5.11 Å². The Bertz CT molecular complexity index is 420. The number of carboxylic acids is 1. The number of rotatable bonds is 5. The maximum atomic E-state index is 11.1. The third-order valence-corrected chi connectivity index (χ3v) is 3.02. The highest BCUT2D eigenvalue weighted by Crippen LogP contribution is 2.22. The van der Waals surface area contributed by atoms with Gasteiger partial charge in [0.25, 0.3) is 0 Å². The summed E-state index contributed by atoms with van der Waals surface area (Å²) in [5, 5.41) is 12.2. The summed E-state index contributed by atoms with van der Waals surface area (Å²) in [5.41, 5.74) is 0.809. The molecule has 2 N–H and O–H groups in total. The Hall–Kier alpha value is -1.65. The fourth-order valence-electron chi connectivity index (χ4n) is 1.34. The van der Waals surface area contributed by atoms with Crippen LogP contribution in [0, 0.1) is 19.3 Å². The molecule has 0 aliphatic carbocycles. The van der Waals surface area contributed by atoms with Gasteiger partial charge in [0.2, 0.25) is 0 Å². The van der Waals surface area contributed by atoms with Gasteiger partial charge in [0.1, 0.15) is 5.82 Å². The van der Waals surface area contributed by atoms with Crippen LogP contribution in [0.2, 0.25) is 0 Å². The molecule has 1 heterocycles. The molecule has 1 atom stereocenters. The van der Waals surface area contributed by atoms with Crippen LogP contribution < -0.4 is 5.32 Å². The number of aromatic nitrogens is 2. The van der Waals surface area contributed by atoms with Gasteiger partial charge in [-0.1, -0.05) is 6.92 Å². The van der Waals surface area contributed by atoms with Gasteiger partial charge in [0.15, 0.2) is 0 Å². The van der Waals surface area contributed by atoms with Crippen LogP contribution in [-0.2, 0) is 4.79 Å². The van der Waals surface area contributed by atoms with E-state index in [2.05, 4.69) is 15.3 Å². The first-order valence-electron chi connectivity index (χ1n) is 5.66. The summed E-state index contributed by atoms with van der Waals surface area (Å²) < 4.78 is 0. The Labute approximate surface area is 101 Å². The lowest BCUT2D eigenvalue weighted by atomic mass is 9.88. The predicted octanol–water partition coefficient (Wildman–Crippen LogP) is 2.01. The van der Waals surface area contributed by atoms with Crippen molar-refractivity contribution >= 4 is 11.8 Å². The molecule has 5 nitrogen and oxygen atoms in total. The van der Waals surface area contributed by atoms with E-state index in [1.165, 1.54) is 0 Å². The third-order valence-electron chi connectivity index (χ3n) is 3.02. The van der Waals surface area contributed by atoms with Crippen LogP contribution in [0.1, 0.15) is 31.7 Å². The van der Waals surface area contributed by atoms with E-state index in [-0.39, 0.29) is 0 Å². The van der Waals surface area contributed by atoms with Crippen LogP contribution in [0.4, 0.5) is 5.82 Å². The number of anilines is 1. The van der Waals surface area contributed by atoms with E-state index >= 15 is 0 Å². The average molecular weight is 237 g/mol. The fraction of sp³-hybridized carbons (Fsp3) is 0.583. The molecule has 0 saturated heterocycles. The molecule has 5 heteroatoms. The van der Waals surface area contributed by atoms with Gasteiger partial charge in [0.05, 0.1) is 16.8 Å². The smallest absolute Gasteiger partial charge is 0.311 e. The first-order chi connectivity index (χ1) is 7.89. The zero-order valence-corrected chi connectivity index (χ0v) is 10.7. The first kappa shape index (κ1) is 13.4. The zero-order chi connectivity index (χ0) is 13.1. The summed E-state index contributed by atoms with van der Waals surface area (Å²) in [6.45, 7) is 7.63. The van der Waals surface area contributed by atoms with Gasteiger partial charge >= 0.3 is 5.97 Å². The van der Waals surface area contributed by atoms with Crippen molar-refractivity contribution in [1.29, 1.82) is 0 Å². The summed E-state index contributed by atoms with van der Waals surface area (Å²) in [6.07, 6.45) is 2.25. The Balaban J connectivity index is 2.79. The van der Waals surface area contributed by atoms with Crippen molar-refractivity contribution in [2.24, 2.45) is 5.41 Å². The van der Waals surface area contributed by atoms with Crippen molar-refractivity contribution in [1.82, 2.24) is 9.97 Å². The standard InChI is InChI=1S/C12H19N3O2/c1-5-12(4,11(16)17)7-14-10-9(3)13-6-8(2)15-10/h6H,5,7H2,1-4H3,(H,14,15)(H,16,17). The molecule has 17 heavy (non-hydrogen) atoms. The molecule has 94 valence electrons. The van der Waals surface area contributed by atoms with E-state index in [1.807, 2.05) is 20.8 Å². The van der Waals surface area contributed by atoms with E-state index < -0.39 is 11.4 Å². The Morgan fingerprint density at radius 3 is 2.71 bits per heavy atom. The molecule has 1 rings (SSSR count). The van der Waals surface area contributed by atoms with Crippen LogP contribution in [0.3, 0.4) is 0 Å². The van der Waals surface area contributed by atoms with E-state index in [1.54, 1.807) is 13.1 Å².